The minimum Gasteiger partial charge on any atom is -0.303 e. The summed E-state index contributed by atoms with van der Waals surface area (Å²) in [5.41, 5.74) is 2.85. The van der Waals surface area contributed by atoms with Gasteiger partial charge in [0, 0.05) is 5.92 Å². The van der Waals surface area contributed by atoms with E-state index in [0.717, 1.165) is 19.3 Å². The molecule has 0 radical (unpaired) electrons. The van der Waals surface area contributed by atoms with Crippen LogP contribution in [0.15, 0.2) is 72.8 Å². The smallest absolute Gasteiger partial charge is 0.303 e. The van der Waals surface area contributed by atoms with E-state index < -0.39 is 7.82 Å². The molecule has 0 spiro atoms. The molecule has 0 fully saturated rings. The largest absolute Gasteiger partial charge is 0.469 e. The highest BCUT2D eigenvalue weighted by Gasteiger charge is 2.13. The van der Waals surface area contributed by atoms with Gasteiger partial charge in [0.1, 0.15) is 0 Å². The summed E-state index contributed by atoms with van der Waals surface area (Å²) in [4.78, 5) is 17.2. The molecule has 194 valence electrons. The fraction of sp³-hybridized carbons (Fsp3) is 0.533. The first-order valence-electron chi connectivity index (χ1n) is 13.5. The van der Waals surface area contributed by atoms with Gasteiger partial charge in [0.25, 0.3) is 0 Å². The molecule has 2 aromatic carbocycles. The minimum atomic E-state index is -4.29. The maximum atomic E-state index is 10.6. The molecule has 2 aromatic rings. The monoisotopic (exact) mass is 500 g/mol. The highest BCUT2D eigenvalue weighted by Crippen LogP contribution is 2.35. The van der Waals surface area contributed by atoms with E-state index in [0.29, 0.717) is 12.3 Å². The Balaban J connectivity index is 1.43. The van der Waals surface area contributed by atoms with Gasteiger partial charge in [-0.05, 0) is 49.7 Å². The van der Waals surface area contributed by atoms with Gasteiger partial charge in [-0.3, -0.25) is 4.52 Å². The lowest BCUT2D eigenvalue weighted by Gasteiger charge is -2.18. The van der Waals surface area contributed by atoms with E-state index in [4.69, 9.17) is 9.79 Å². The Morgan fingerprint density at radius 2 is 1.06 bits per heavy atom. The quantitative estimate of drug-likeness (QED) is 0.108. The molecule has 0 heterocycles. The molecular weight excluding hydrogens is 455 g/mol. The highest BCUT2D eigenvalue weighted by atomic mass is 31.2. The third-order valence-corrected chi connectivity index (χ3v) is 6.98. The van der Waals surface area contributed by atoms with Crippen molar-refractivity contribution in [2.24, 2.45) is 0 Å². The summed E-state index contributed by atoms with van der Waals surface area (Å²) < 4.78 is 15.0. The van der Waals surface area contributed by atoms with Crippen molar-refractivity contribution < 1.29 is 18.9 Å². The van der Waals surface area contributed by atoms with E-state index >= 15 is 0 Å². The van der Waals surface area contributed by atoms with E-state index in [1.807, 2.05) is 0 Å². The summed E-state index contributed by atoms with van der Waals surface area (Å²) in [5, 5.41) is 0. The van der Waals surface area contributed by atoms with Crippen LogP contribution in [0.4, 0.5) is 0 Å². The lowest BCUT2D eigenvalue weighted by molar-refractivity contribution is 0.193. The minimum absolute atomic E-state index is 0.148. The number of rotatable bonds is 20. The van der Waals surface area contributed by atoms with Crippen molar-refractivity contribution in [1.82, 2.24) is 0 Å². The van der Waals surface area contributed by atoms with Crippen LogP contribution in [0.25, 0.3) is 0 Å². The average Bonchev–Trinajstić information content (AvgIpc) is 2.86. The zero-order valence-electron chi connectivity index (χ0n) is 21.3. The van der Waals surface area contributed by atoms with Gasteiger partial charge in [-0.1, -0.05) is 124 Å². The predicted molar refractivity (Wildman–Crippen MR) is 147 cm³/mol. The first-order valence-corrected chi connectivity index (χ1v) is 15.0. The van der Waals surface area contributed by atoms with E-state index in [9.17, 15) is 4.57 Å². The van der Waals surface area contributed by atoms with E-state index in [1.54, 1.807) is 0 Å². The second-order valence-electron chi connectivity index (χ2n) is 9.42. The highest BCUT2D eigenvalue weighted by molar-refractivity contribution is 7.46. The number of unbranched alkanes of at least 4 members (excludes halogenated alkanes) is 11. The second kappa shape index (κ2) is 18.5. The molecule has 0 aliphatic heterocycles. The Bertz CT molecular complexity index is 792. The van der Waals surface area contributed by atoms with Gasteiger partial charge < -0.3 is 9.79 Å². The molecule has 0 saturated carbocycles. The van der Waals surface area contributed by atoms with Crippen molar-refractivity contribution in [2.75, 3.05) is 6.61 Å². The normalized spacial score (nSPS) is 12.1. The second-order valence-corrected chi connectivity index (χ2v) is 10.7. The van der Waals surface area contributed by atoms with Gasteiger partial charge in [-0.25, -0.2) is 4.57 Å². The van der Waals surface area contributed by atoms with Crippen molar-refractivity contribution in [3.63, 3.8) is 0 Å². The lowest BCUT2D eigenvalue weighted by Crippen LogP contribution is -2.01. The maximum Gasteiger partial charge on any atom is 0.469 e. The number of phosphoric acid groups is 1. The molecular formula is C30H45O4P. The van der Waals surface area contributed by atoms with Gasteiger partial charge in [0.15, 0.2) is 0 Å². The Labute approximate surface area is 213 Å². The summed E-state index contributed by atoms with van der Waals surface area (Å²) in [6.07, 6.45) is 21.2. The topological polar surface area (TPSA) is 66.8 Å². The van der Waals surface area contributed by atoms with Crippen LogP contribution in [0.2, 0.25) is 0 Å². The van der Waals surface area contributed by atoms with Crippen molar-refractivity contribution in [3.8, 4) is 0 Å². The fourth-order valence-electron chi connectivity index (χ4n) is 4.53. The SMILES string of the molecule is O=P(O)(O)OCCCCCCCC/C=C\CCCCCCCC(c1ccccc1)c1ccccc1. The van der Waals surface area contributed by atoms with E-state index in [-0.39, 0.29) is 6.61 Å². The van der Waals surface area contributed by atoms with Gasteiger partial charge in [0.05, 0.1) is 6.61 Å². The van der Waals surface area contributed by atoms with Crippen LogP contribution in [-0.2, 0) is 9.09 Å². The molecule has 2 rings (SSSR count). The molecule has 4 nitrogen and oxygen atoms in total. The molecule has 0 saturated heterocycles. The summed E-state index contributed by atoms with van der Waals surface area (Å²) in [6, 6.07) is 21.8. The van der Waals surface area contributed by atoms with Crippen molar-refractivity contribution in [1.29, 1.82) is 0 Å². The third kappa shape index (κ3) is 15.1. The van der Waals surface area contributed by atoms with Gasteiger partial charge in [-0.15, -0.1) is 0 Å². The van der Waals surface area contributed by atoms with E-state index in [2.05, 4.69) is 77.3 Å². The standard InChI is InChI=1S/C30H45O4P/c31-35(32,33)34-27-21-13-11-9-7-5-3-1-2-4-6-8-10-12-20-26-30(28-22-16-14-17-23-28)29-24-18-15-19-25-29/h1-2,14-19,22-25,30H,3-13,20-21,26-27H2,(H2,31,32,33)/b2-1-. The number of phosphoric ester groups is 1. The lowest BCUT2D eigenvalue weighted by atomic mass is 9.87. The van der Waals surface area contributed by atoms with Crippen molar-refractivity contribution in [2.45, 2.75) is 95.8 Å². The first-order chi connectivity index (χ1) is 17.1. The van der Waals surface area contributed by atoms with Crippen LogP contribution in [0.3, 0.4) is 0 Å². The van der Waals surface area contributed by atoms with Gasteiger partial charge in [-0.2, -0.15) is 0 Å². The molecule has 0 aliphatic carbocycles. The molecule has 0 amide bonds. The number of allylic oxidation sites excluding steroid dienone is 2. The van der Waals surface area contributed by atoms with Gasteiger partial charge >= 0.3 is 7.82 Å². The van der Waals surface area contributed by atoms with Crippen LogP contribution in [0.5, 0.6) is 0 Å². The fourth-order valence-corrected chi connectivity index (χ4v) is 4.89. The van der Waals surface area contributed by atoms with Gasteiger partial charge in [0.2, 0.25) is 0 Å². The molecule has 0 aromatic heterocycles. The first kappa shape index (κ1) is 29.5. The molecule has 0 bridgehead atoms. The zero-order chi connectivity index (χ0) is 25.0. The molecule has 0 atom stereocenters. The molecule has 2 N–H and O–H groups in total. The Morgan fingerprint density at radius 3 is 1.54 bits per heavy atom. The van der Waals surface area contributed by atoms with Crippen LogP contribution >= 0.6 is 7.82 Å². The van der Waals surface area contributed by atoms with Crippen molar-refractivity contribution in [3.05, 3.63) is 83.9 Å². The number of hydrogen-bond donors (Lipinski definition) is 2. The third-order valence-electron chi connectivity index (χ3n) is 6.46. The summed E-state index contributed by atoms with van der Waals surface area (Å²) in [5.74, 6) is 0.502. The van der Waals surface area contributed by atoms with Crippen LogP contribution in [-0.4, -0.2) is 16.4 Å². The molecule has 0 unspecified atom stereocenters. The summed E-state index contributed by atoms with van der Waals surface area (Å²) in [7, 11) is -4.29. The van der Waals surface area contributed by atoms with Crippen molar-refractivity contribution >= 4 is 7.82 Å². The Hall–Kier alpha value is -1.71. The van der Waals surface area contributed by atoms with Crippen LogP contribution < -0.4 is 0 Å². The molecule has 0 aliphatic rings. The van der Waals surface area contributed by atoms with Crippen LogP contribution in [0, 0.1) is 0 Å². The maximum absolute atomic E-state index is 10.6. The predicted octanol–water partition coefficient (Wildman–Crippen LogP) is 8.95. The summed E-state index contributed by atoms with van der Waals surface area (Å²) in [6.45, 7) is 0.148. The molecule has 35 heavy (non-hydrogen) atoms. The Kier molecular flexibility index (Phi) is 15.6. The Morgan fingerprint density at radius 1 is 0.629 bits per heavy atom. The number of benzene rings is 2. The summed E-state index contributed by atoms with van der Waals surface area (Å²) >= 11 is 0. The molecule has 5 heteroatoms. The number of hydrogen-bond acceptors (Lipinski definition) is 2. The average molecular weight is 501 g/mol. The van der Waals surface area contributed by atoms with E-state index in [1.165, 1.54) is 75.3 Å². The van der Waals surface area contributed by atoms with Crippen LogP contribution in [0.1, 0.15) is 107 Å². The zero-order valence-corrected chi connectivity index (χ0v) is 22.2.